The van der Waals surface area contributed by atoms with Gasteiger partial charge in [0.25, 0.3) is 0 Å². The molecule has 0 aliphatic carbocycles. The molecule has 1 aromatic heterocycles. The van der Waals surface area contributed by atoms with Gasteiger partial charge in [0, 0.05) is 23.5 Å². The third kappa shape index (κ3) is 3.21. The van der Waals surface area contributed by atoms with E-state index >= 15 is 0 Å². The lowest BCUT2D eigenvalue weighted by atomic mass is 9.96. The molecule has 0 bridgehead atoms. The molecule has 21 heavy (non-hydrogen) atoms. The Morgan fingerprint density at radius 3 is 2.62 bits per heavy atom. The summed E-state index contributed by atoms with van der Waals surface area (Å²) in [5, 5.41) is 8.77. The van der Waals surface area contributed by atoms with E-state index < -0.39 is 23.4 Å². The molecule has 0 aliphatic heterocycles. The van der Waals surface area contributed by atoms with Gasteiger partial charge in [0.1, 0.15) is 0 Å². The quantitative estimate of drug-likeness (QED) is 0.874. The summed E-state index contributed by atoms with van der Waals surface area (Å²) in [6.07, 6.45) is 2.67. The summed E-state index contributed by atoms with van der Waals surface area (Å²) in [7, 11) is 0. The molecule has 1 unspecified atom stereocenters. The summed E-state index contributed by atoms with van der Waals surface area (Å²) in [6.45, 7) is 1.69. The van der Waals surface area contributed by atoms with Gasteiger partial charge in [-0.05, 0) is 29.7 Å². The summed E-state index contributed by atoms with van der Waals surface area (Å²) in [6, 6.07) is 3.48. The van der Waals surface area contributed by atoms with Crippen LogP contribution in [0.5, 0.6) is 0 Å². The van der Waals surface area contributed by atoms with Crippen LogP contribution in [-0.2, 0) is 4.79 Å². The van der Waals surface area contributed by atoms with Crippen LogP contribution in [0, 0.1) is 17.5 Å². The first-order chi connectivity index (χ1) is 9.90. The molecular weight excluding hydrogens is 283 g/mol. The minimum Gasteiger partial charge on any atom is -0.481 e. The second-order valence-corrected chi connectivity index (χ2v) is 4.73. The Balaban J connectivity index is 2.42. The highest BCUT2D eigenvalue weighted by atomic mass is 19.2. The number of carbonyl (C=O) groups is 1. The highest BCUT2D eigenvalue weighted by Crippen LogP contribution is 2.28. The lowest BCUT2D eigenvalue weighted by Crippen LogP contribution is -2.03. The summed E-state index contributed by atoms with van der Waals surface area (Å²) >= 11 is 0. The molecular formula is C15H12F3NO2. The van der Waals surface area contributed by atoms with Crippen LogP contribution in [-0.4, -0.2) is 16.1 Å². The molecule has 0 spiro atoms. The first kappa shape index (κ1) is 15.0. The van der Waals surface area contributed by atoms with Gasteiger partial charge in [0.05, 0.1) is 6.42 Å². The van der Waals surface area contributed by atoms with E-state index in [0.29, 0.717) is 5.56 Å². The van der Waals surface area contributed by atoms with E-state index in [1.807, 2.05) is 0 Å². The van der Waals surface area contributed by atoms with Crippen molar-refractivity contribution in [3.05, 3.63) is 53.6 Å². The molecule has 0 fully saturated rings. The minimum absolute atomic E-state index is 0.106. The Labute approximate surface area is 119 Å². The van der Waals surface area contributed by atoms with Gasteiger partial charge in [0.15, 0.2) is 17.5 Å². The summed E-state index contributed by atoms with van der Waals surface area (Å²) < 4.78 is 39.9. The SMILES string of the molecule is CC(CC(=O)O)c1cncc(-c2ccc(F)c(F)c2F)c1. The zero-order valence-electron chi connectivity index (χ0n) is 11.1. The fraction of sp³-hybridized carbons (Fsp3) is 0.200. The number of aliphatic carboxylic acids is 1. The number of carboxylic acids is 1. The van der Waals surface area contributed by atoms with Crippen molar-refractivity contribution in [1.29, 1.82) is 0 Å². The summed E-state index contributed by atoms with van der Waals surface area (Å²) in [5.41, 5.74) is 0.728. The van der Waals surface area contributed by atoms with Crippen LogP contribution in [0.15, 0.2) is 30.6 Å². The molecule has 0 amide bonds. The number of rotatable bonds is 4. The van der Waals surface area contributed by atoms with Crippen molar-refractivity contribution in [3.8, 4) is 11.1 Å². The molecule has 3 nitrogen and oxygen atoms in total. The van der Waals surface area contributed by atoms with Crippen LogP contribution >= 0.6 is 0 Å². The van der Waals surface area contributed by atoms with E-state index in [-0.39, 0.29) is 23.5 Å². The minimum atomic E-state index is -1.54. The van der Waals surface area contributed by atoms with E-state index in [0.717, 1.165) is 12.1 Å². The van der Waals surface area contributed by atoms with E-state index in [1.54, 1.807) is 6.92 Å². The van der Waals surface area contributed by atoms with Crippen LogP contribution < -0.4 is 0 Å². The van der Waals surface area contributed by atoms with Gasteiger partial charge in [-0.25, -0.2) is 13.2 Å². The van der Waals surface area contributed by atoms with Crippen molar-refractivity contribution in [3.63, 3.8) is 0 Å². The molecule has 6 heteroatoms. The number of benzene rings is 1. The molecule has 1 N–H and O–H groups in total. The van der Waals surface area contributed by atoms with Crippen LogP contribution in [0.1, 0.15) is 24.8 Å². The van der Waals surface area contributed by atoms with E-state index in [4.69, 9.17) is 5.11 Å². The first-order valence-corrected chi connectivity index (χ1v) is 6.20. The maximum absolute atomic E-state index is 13.8. The third-order valence-electron chi connectivity index (χ3n) is 3.16. The van der Waals surface area contributed by atoms with Gasteiger partial charge in [-0.15, -0.1) is 0 Å². The van der Waals surface area contributed by atoms with Crippen molar-refractivity contribution in [2.75, 3.05) is 0 Å². The predicted molar refractivity (Wildman–Crippen MR) is 70.2 cm³/mol. The average molecular weight is 295 g/mol. The molecule has 2 rings (SSSR count). The summed E-state index contributed by atoms with van der Waals surface area (Å²) in [5.74, 6) is -5.40. The van der Waals surface area contributed by atoms with Crippen molar-refractivity contribution in [1.82, 2.24) is 4.98 Å². The lowest BCUT2D eigenvalue weighted by molar-refractivity contribution is -0.137. The Bertz CT molecular complexity index is 689. The summed E-state index contributed by atoms with van der Waals surface area (Å²) in [4.78, 5) is 14.6. The highest BCUT2D eigenvalue weighted by molar-refractivity contribution is 5.68. The maximum Gasteiger partial charge on any atom is 0.303 e. The topological polar surface area (TPSA) is 50.2 Å². The van der Waals surface area contributed by atoms with E-state index in [1.165, 1.54) is 18.5 Å². The zero-order valence-corrected chi connectivity index (χ0v) is 11.1. The van der Waals surface area contributed by atoms with E-state index in [2.05, 4.69) is 4.98 Å². The normalized spacial score (nSPS) is 12.2. The standard InChI is InChI=1S/C15H12F3NO2/c1-8(4-13(20)21)9-5-10(7-19-6-9)11-2-3-12(16)15(18)14(11)17/h2-3,5-8H,4H2,1H3,(H,20,21). The molecule has 2 aromatic rings. The van der Waals surface area contributed by atoms with Crippen LogP contribution in [0.4, 0.5) is 13.2 Å². The first-order valence-electron chi connectivity index (χ1n) is 6.20. The van der Waals surface area contributed by atoms with Gasteiger partial charge < -0.3 is 5.11 Å². The number of nitrogens with zero attached hydrogens (tertiary/aromatic N) is 1. The van der Waals surface area contributed by atoms with E-state index in [9.17, 15) is 18.0 Å². The Hall–Kier alpha value is -2.37. The predicted octanol–water partition coefficient (Wildman–Crippen LogP) is 3.74. The number of hydrogen-bond acceptors (Lipinski definition) is 2. The monoisotopic (exact) mass is 295 g/mol. The van der Waals surface area contributed by atoms with Crippen LogP contribution in [0.25, 0.3) is 11.1 Å². The molecule has 1 aromatic carbocycles. The third-order valence-corrected chi connectivity index (χ3v) is 3.16. The number of carboxylic acid groups (broad SMARTS) is 1. The van der Waals surface area contributed by atoms with Gasteiger partial charge in [0.2, 0.25) is 0 Å². The smallest absolute Gasteiger partial charge is 0.303 e. The molecule has 0 radical (unpaired) electrons. The molecule has 0 aliphatic rings. The number of pyridine rings is 1. The Kier molecular flexibility index (Phi) is 4.26. The second-order valence-electron chi connectivity index (χ2n) is 4.73. The molecule has 0 saturated heterocycles. The maximum atomic E-state index is 13.8. The molecule has 1 heterocycles. The molecule has 1 atom stereocenters. The van der Waals surface area contributed by atoms with Gasteiger partial charge in [-0.2, -0.15) is 0 Å². The zero-order chi connectivity index (χ0) is 15.6. The van der Waals surface area contributed by atoms with Gasteiger partial charge >= 0.3 is 5.97 Å². The number of aromatic nitrogens is 1. The van der Waals surface area contributed by atoms with Crippen LogP contribution in [0.3, 0.4) is 0 Å². The second kappa shape index (κ2) is 5.95. The molecule has 110 valence electrons. The fourth-order valence-corrected chi connectivity index (χ4v) is 2.00. The largest absolute Gasteiger partial charge is 0.481 e. The lowest BCUT2D eigenvalue weighted by Gasteiger charge is -2.11. The number of halogens is 3. The van der Waals surface area contributed by atoms with Crippen molar-refractivity contribution < 1.29 is 23.1 Å². The van der Waals surface area contributed by atoms with Crippen molar-refractivity contribution in [2.24, 2.45) is 0 Å². The van der Waals surface area contributed by atoms with Crippen LogP contribution in [0.2, 0.25) is 0 Å². The Morgan fingerprint density at radius 2 is 1.95 bits per heavy atom. The van der Waals surface area contributed by atoms with Gasteiger partial charge in [-0.1, -0.05) is 6.92 Å². The van der Waals surface area contributed by atoms with Crippen molar-refractivity contribution >= 4 is 5.97 Å². The Morgan fingerprint density at radius 1 is 1.24 bits per heavy atom. The highest BCUT2D eigenvalue weighted by Gasteiger charge is 2.16. The average Bonchev–Trinajstić information content (AvgIpc) is 2.44. The molecule has 0 saturated carbocycles. The van der Waals surface area contributed by atoms with Crippen molar-refractivity contribution in [2.45, 2.75) is 19.3 Å². The van der Waals surface area contributed by atoms with Gasteiger partial charge in [-0.3, -0.25) is 9.78 Å². The number of hydrogen-bond donors (Lipinski definition) is 1. The fourth-order valence-electron chi connectivity index (χ4n) is 2.00.